The van der Waals surface area contributed by atoms with E-state index in [0.29, 0.717) is 49.7 Å². The number of methoxy groups -OCH3 is 1. The number of hydrogen-bond acceptors (Lipinski definition) is 10. The summed E-state index contributed by atoms with van der Waals surface area (Å²) in [5, 5.41) is 6.76. The molecule has 3 fully saturated rings. The molecule has 0 bridgehead atoms. The molecule has 3 N–H and O–H groups in total. The molecule has 4 aliphatic rings. The van der Waals surface area contributed by atoms with Crippen LogP contribution in [0, 0.1) is 17.8 Å². The van der Waals surface area contributed by atoms with Gasteiger partial charge in [-0.2, -0.15) is 0 Å². The standard InChI is InChI=1S/C40H53F2N5O9S/c1-7-24-18-23(2)12-8-9-13-25-20-40(25,36(50)46-57(52,53)39(5)16-17-39)45-32(48)29-19-26(55-33-28-15-11-10-14-27(28)30(54-6)21-43-33)22-47(29)34(49)31(24)44-37(51)56-38(3,4)35(41)42/h9-11,13-15,21,23-26,29,31,35H,7-8,12,16-20,22H2,1-6H3,(H,44,51)(H,45,48)(H,46,50)/b13-9-/t23-,24-,25-,26-,29+,31+,40-/m1/s1. The lowest BCUT2D eigenvalue weighted by molar-refractivity contribution is -0.142. The van der Waals surface area contributed by atoms with Crippen LogP contribution < -0.4 is 24.8 Å². The van der Waals surface area contributed by atoms with Gasteiger partial charge in [-0.05, 0) is 77.2 Å². The van der Waals surface area contributed by atoms with Gasteiger partial charge in [-0.3, -0.25) is 19.1 Å². The Morgan fingerprint density at radius 2 is 1.84 bits per heavy atom. The number of rotatable bonds is 10. The van der Waals surface area contributed by atoms with E-state index in [-0.39, 0.29) is 31.2 Å². The summed E-state index contributed by atoms with van der Waals surface area (Å²) < 4.78 is 72.1. The molecule has 1 aromatic carbocycles. The van der Waals surface area contributed by atoms with E-state index in [1.165, 1.54) is 18.2 Å². The Morgan fingerprint density at radius 3 is 2.49 bits per heavy atom. The highest BCUT2D eigenvalue weighted by Crippen LogP contribution is 2.48. The molecule has 7 atom stereocenters. The van der Waals surface area contributed by atoms with Gasteiger partial charge in [-0.15, -0.1) is 0 Å². The van der Waals surface area contributed by atoms with Crippen LogP contribution in [0.4, 0.5) is 13.6 Å². The minimum atomic E-state index is -4.05. The normalized spacial score (nSPS) is 29.5. The molecular formula is C40H53F2N5O9S. The summed E-state index contributed by atoms with van der Waals surface area (Å²) in [6.45, 7) is 7.41. The third kappa shape index (κ3) is 8.68. The highest BCUT2D eigenvalue weighted by atomic mass is 32.2. The van der Waals surface area contributed by atoms with E-state index in [1.54, 1.807) is 19.1 Å². The summed E-state index contributed by atoms with van der Waals surface area (Å²) in [7, 11) is -2.53. The molecule has 0 radical (unpaired) electrons. The first-order valence-electron chi connectivity index (χ1n) is 19.6. The highest BCUT2D eigenvalue weighted by Gasteiger charge is 2.63. The molecule has 2 aliphatic carbocycles. The molecule has 3 heterocycles. The molecule has 14 nitrogen and oxygen atoms in total. The molecule has 2 aromatic rings. The number of nitrogens with zero attached hydrogens (tertiary/aromatic N) is 2. The van der Waals surface area contributed by atoms with Crippen LogP contribution in [0.5, 0.6) is 11.6 Å². The fraction of sp³-hybridized carbons (Fsp3) is 0.625. The highest BCUT2D eigenvalue weighted by molar-refractivity contribution is 7.91. The predicted octanol–water partition coefficient (Wildman–Crippen LogP) is 5.01. The van der Waals surface area contributed by atoms with Crippen molar-refractivity contribution in [3.63, 3.8) is 0 Å². The monoisotopic (exact) mass is 817 g/mol. The van der Waals surface area contributed by atoms with Crippen LogP contribution in [0.1, 0.15) is 86.0 Å². The Kier molecular flexibility index (Phi) is 11.8. The molecule has 57 heavy (non-hydrogen) atoms. The average molecular weight is 818 g/mol. The zero-order valence-corrected chi connectivity index (χ0v) is 34.0. The largest absolute Gasteiger partial charge is 0.494 e. The molecule has 4 amide bonds. The van der Waals surface area contributed by atoms with Crippen LogP contribution in [0.15, 0.2) is 42.6 Å². The number of hydrogen-bond donors (Lipinski definition) is 3. The maximum absolute atomic E-state index is 14.9. The Hall–Kier alpha value is -4.54. The van der Waals surface area contributed by atoms with Crippen molar-refractivity contribution in [1.82, 2.24) is 25.2 Å². The smallest absolute Gasteiger partial charge is 0.408 e. The van der Waals surface area contributed by atoms with Gasteiger partial charge in [-0.1, -0.05) is 50.6 Å². The first-order valence-corrected chi connectivity index (χ1v) is 21.0. The number of amides is 4. The first-order chi connectivity index (χ1) is 26.8. The van der Waals surface area contributed by atoms with Crippen LogP contribution in [-0.4, -0.2) is 96.3 Å². The number of aromatic nitrogens is 1. The van der Waals surface area contributed by atoms with E-state index >= 15 is 0 Å². The van der Waals surface area contributed by atoms with Gasteiger partial charge in [0.05, 0.1) is 24.6 Å². The van der Waals surface area contributed by atoms with E-state index in [0.717, 1.165) is 19.2 Å². The van der Waals surface area contributed by atoms with E-state index in [9.17, 15) is 36.4 Å². The summed E-state index contributed by atoms with van der Waals surface area (Å²) in [6, 6.07) is 4.73. The maximum atomic E-state index is 14.9. The van der Waals surface area contributed by atoms with Crippen LogP contribution in [0.3, 0.4) is 0 Å². The van der Waals surface area contributed by atoms with Crippen molar-refractivity contribution in [2.24, 2.45) is 17.8 Å². The van der Waals surface area contributed by atoms with Crippen molar-refractivity contribution < 1.29 is 50.6 Å². The summed E-state index contributed by atoms with van der Waals surface area (Å²) in [4.78, 5) is 62.4. The van der Waals surface area contributed by atoms with E-state index in [4.69, 9.17) is 14.2 Å². The van der Waals surface area contributed by atoms with Crippen molar-refractivity contribution in [3.05, 3.63) is 42.6 Å². The number of sulfonamides is 1. The lowest BCUT2D eigenvalue weighted by atomic mass is 9.85. The quantitative estimate of drug-likeness (QED) is 0.276. The second-order valence-corrected chi connectivity index (χ2v) is 18.9. The Balaban J connectivity index is 1.37. The van der Waals surface area contributed by atoms with Gasteiger partial charge in [0.25, 0.3) is 12.3 Å². The van der Waals surface area contributed by atoms with Crippen molar-refractivity contribution in [2.45, 2.75) is 126 Å². The first kappa shape index (κ1) is 42.1. The number of halogens is 2. The summed E-state index contributed by atoms with van der Waals surface area (Å²) in [5.74, 6) is -2.47. The number of fused-ring (bicyclic) bond motifs is 3. The minimum absolute atomic E-state index is 0.0340. The number of carbonyl (C=O) groups is 4. The molecular weight excluding hydrogens is 765 g/mol. The molecule has 2 saturated carbocycles. The molecule has 1 aromatic heterocycles. The summed E-state index contributed by atoms with van der Waals surface area (Å²) >= 11 is 0. The van der Waals surface area contributed by atoms with Gasteiger partial charge in [0.1, 0.15) is 29.5 Å². The number of nitrogens with one attached hydrogen (secondary N) is 3. The zero-order valence-electron chi connectivity index (χ0n) is 33.2. The fourth-order valence-corrected chi connectivity index (χ4v) is 9.12. The van der Waals surface area contributed by atoms with Gasteiger partial charge >= 0.3 is 6.09 Å². The van der Waals surface area contributed by atoms with Crippen molar-refractivity contribution in [3.8, 4) is 11.6 Å². The lowest BCUT2D eigenvalue weighted by Crippen LogP contribution is -2.59. The number of allylic oxidation sites excluding steroid dienone is 1. The number of ether oxygens (including phenoxy) is 3. The molecule has 0 spiro atoms. The number of carbonyl (C=O) groups excluding carboxylic acids is 4. The number of alkyl halides is 2. The summed E-state index contributed by atoms with van der Waals surface area (Å²) in [5.41, 5.74) is -3.76. The number of pyridine rings is 1. The molecule has 312 valence electrons. The molecule has 0 unspecified atom stereocenters. The molecule has 17 heteroatoms. The number of alkyl carbamates (subject to hydrolysis) is 1. The maximum Gasteiger partial charge on any atom is 0.408 e. The third-order valence-corrected chi connectivity index (χ3v) is 14.1. The van der Waals surface area contributed by atoms with Crippen LogP contribution in [0.25, 0.3) is 10.8 Å². The van der Waals surface area contributed by atoms with E-state index < -0.39 is 86.2 Å². The molecule has 6 rings (SSSR count). The van der Waals surface area contributed by atoms with Gasteiger partial charge in [-0.25, -0.2) is 27.0 Å². The molecule has 1 saturated heterocycles. The van der Waals surface area contributed by atoms with Crippen LogP contribution in [-0.2, 0) is 29.1 Å². The van der Waals surface area contributed by atoms with Gasteiger partial charge in [0.15, 0.2) is 5.60 Å². The predicted molar refractivity (Wildman–Crippen MR) is 206 cm³/mol. The zero-order chi connectivity index (χ0) is 41.5. The Labute approximate surface area is 331 Å². The lowest BCUT2D eigenvalue weighted by Gasteiger charge is -2.34. The van der Waals surface area contributed by atoms with Crippen LogP contribution >= 0.6 is 0 Å². The Morgan fingerprint density at radius 1 is 1.14 bits per heavy atom. The molecule has 2 aliphatic heterocycles. The van der Waals surface area contributed by atoms with Gasteiger partial charge < -0.3 is 29.7 Å². The van der Waals surface area contributed by atoms with Crippen molar-refractivity contribution >= 4 is 44.6 Å². The van der Waals surface area contributed by atoms with Crippen molar-refractivity contribution in [2.75, 3.05) is 13.7 Å². The SMILES string of the molecule is CC[C@@H]1C[C@H](C)CC/C=C\[C@@H]2C[C@@]2(C(=O)NS(=O)(=O)C2(C)CC2)NC(=O)[C@@H]2C[C@@H](Oc3ncc(OC)c4ccccc34)CN2C(=O)[C@H]1NC(=O)OC(C)(C)C(F)F. The second kappa shape index (κ2) is 16.0. The minimum Gasteiger partial charge on any atom is -0.494 e. The van der Waals surface area contributed by atoms with Crippen molar-refractivity contribution in [1.29, 1.82) is 0 Å². The van der Waals surface area contributed by atoms with Crippen LogP contribution in [0.2, 0.25) is 0 Å². The topological polar surface area (TPSA) is 182 Å². The second-order valence-electron chi connectivity index (χ2n) is 16.7. The third-order valence-electron chi connectivity index (χ3n) is 12.0. The summed E-state index contributed by atoms with van der Waals surface area (Å²) in [6.07, 6.45) is 3.23. The fourth-order valence-electron chi connectivity index (χ4n) is 7.81. The average Bonchev–Trinajstić information content (AvgIpc) is 4.04. The van der Waals surface area contributed by atoms with E-state index in [2.05, 4.69) is 20.3 Å². The van der Waals surface area contributed by atoms with Gasteiger partial charge in [0, 0.05) is 23.1 Å². The van der Waals surface area contributed by atoms with Gasteiger partial charge in [0.2, 0.25) is 27.7 Å². The number of benzene rings is 1. The van der Waals surface area contributed by atoms with E-state index in [1.807, 2.05) is 38.1 Å². The Bertz CT molecular complexity index is 2030.